The normalized spacial score (nSPS) is 14.1. The molecular formula is C17H26F3NO3Si. The first kappa shape index (κ1) is 21.5. The van der Waals surface area contributed by atoms with Gasteiger partial charge in [0.25, 0.3) is 0 Å². The number of carbonyl (C=O) groups excluding carboxylic acids is 1. The van der Waals surface area contributed by atoms with Gasteiger partial charge >= 0.3 is 12.3 Å². The Morgan fingerprint density at radius 1 is 1.16 bits per heavy atom. The SMILES string of the molecule is CC(C)(C)[Si](C)(C)OCC(NC(=O)OCc1ccccc1)C(F)(F)F. The highest BCUT2D eigenvalue weighted by atomic mass is 28.4. The Morgan fingerprint density at radius 3 is 2.20 bits per heavy atom. The monoisotopic (exact) mass is 377 g/mol. The molecule has 1 amide bonds. The van der Waals surface area contributed by atoms with E-state index in [-0.39, 0.29) is 11.6 Å². The number of hydrogen-bond acceptors (Lipinski definition) is 3. The Balaban J connectivity index is 2.63. The van der Waals surface area contributed by atoms with E-state index < -0.39 is 33.2 Å². The number of halogens is 3. The number of alkyl carbamates (subject to hydrolysis) is 1. The topological polar surface area (TPSA) is 47.6 Å². The van der Waals surface area contributed by atoms with Crippen LogP contribution in [0.15, 0.2) is 30.3 Å². The number of rotatable bonds is 6. The maximum Gasteiger partial charge on any atom is 0.410 e. The molecule has 4 nitrogen and oxygen atoms in total. The van der Waals surface area contributed by atoms with Gasteiger partial charge in [0.05, 0.1) is 6.61 Å². The van der Waals surface area contributed by atoms with Gasteiger partial charge in [-0.05, 0) is 23.7 Å². The van der Waals surface area contributed by atoms with E-state index in [0.717, 1.165) is 0 Å². The summed E-state index contributed by atoms with van der Waals surface area (Å²) in [6.45, 7) is 8.79. The molecule has 0 bridgehead atoms. The van der Waals surface area contributed by atoms with Crippen LogP contribution in [0.4, 0.5) is 18.0 Å². The lowest BCUT2D eigenvalue weighted by Gasteiger charge is -2.37. The highest BCUT2D eigenvalue weighted by Gasteiger charge is 2.44. The van der Waals surface area contributed by atoms with Gasteiger partial charge in [-0.2, -0.15) is 13.2 Å². The molecule has 0 radical (unpaired) electrons. The summed E-state index contributed by atoms with van der Waals surface area (Å²) in [5.41, 5.74) is 0.693. The van der Waals surface area contributed by atoms with Gasteiger partial charge in [-0.1, -0.05) is 51.1 Å². The number of amides is 1. The molecular weight excluding hydrogens is 351 g/mol. The van der Waals surface area contributed by atoms with Crippen molar-refractivity contribution in [2.24, 2.45) is 0 Å². The molecule has 1 aromatic rings. The largest absolute Gasteiger partial charge is 0.445 e. The zero-order valence-electron chi connectivity index (χ0n) is 15.2. The molecule has 1 N–H and O–H groups in total. The van der Waals surface area contributed by atoms with Crippen molar-refractivity contribution in [3.05, 3.63) is 35.9 Å². The van der Waals surface area contributed by atoms with Gasteiger partial charge in [0.15, 0.2) is 8.32 Å². The smallest absolute Gasteiger partial charge is 0.410 e. The van der Waals surface area contributed by atoms with Crippen molar-refractivity contribution in [2.75, 3.05) is 6.61 Å². The molecule has 142 valence electrons. The summed E-state index contributed by atoms with van der Waals surface area (Å²) in [5.74, 6) is 0. The second-order valence-electron chi connectivity index (χ2n) is 7.37. The molecule has 0 aliphatic rings. The standard InChI is InChI=1S/C17H26F3NO3Si/c1-16(2,3)25(4,5)24-12-14(17(18,19)20)21-15(22)23-11-13-9-7-6-8-10-13/h6-10,14H,11-12H2,1-5H3,(H,21,22). The third-order valence-corrected chi connectivity index (χ3v) is 8.82. The summed E-state index contributed by atoms with van der Waals surface area (Å²) >= 11 is 0. The van der Waals surface area contributed by atoms with Gasteiger partial charge in [-0.15, -0.1) is 0 Å². The van der Waals surface area contributed by atoms with Gasteiger partial charge in [-0.3, -0.25) is 0 Å². The van der Waals surface area contributed by atoms with Crippen LogP contribution >= 0.6 is 0 Å². The van der Waals surface area contributed by atoms with Crippen molar-refractivity contribution in [3.63, 3.8) is 0 Å². The van der Waals surface area contributed by atoms with E-state index in [1.807, 2.05) is 39.2 Å². The third kappa shape index (κ3) is 7.07. The molecule has 0 aliphatic heterocycles. The molecule has 8 heteroatoms. The molecule has 1 aromatic carbocycles. The Bertz CT molecular complexity index is 556. The fourth-order valence-corrected chi connectivity index (χ4v) is 2.65. The quantitative estimate of drug-likeness (QED) is 0.720. The van der Waals surface area contributed by atoms with E-state index in [4.69, 9.17) is 9.16 Å². The minimum Gasteiger partial charge on any atom is -0.445 e. The van der Waals surface area contributed by atoms with Crippen LogP contribution in [0.1, 0.15) is 26.3 Å². The van der Waals surface area contributed by atoms with Gasteiger partial charge in [-0.25, -0.2) is 4.79 Å². The van der Waals surface area contributed by atoms with Crippen LogP contribution in [0.5, 0.6) is 0 Å². The van der Waals surface area contributed by atoms with Gasteiger partial charge in [0.1, 0.15) is 12.6 Å². The fourth-order valence-electron chi connectivity index (χ4n) is 1.63. The van der Waals surface area contributed by atoms with Crippen LogP contribution in [0.3, 0.4) is 0 Å². The lowest BCUT2D eigenvalue weighted by molar-refractivity contribution is -0.161. The zero-order chi connectivity index (χ0) is 19.3. The van der Waals surface area contributed by atoms with Crippen molar-refractivity contribution in [1.29, 1.82) is 0 Å². The maximum atomic E-state index is 13.2. The molecule has 0 saturated carbocycles. The van der Waals surface area contributed by atoms with E-state index in [1.165, 1.54) is 0 Å². The van der Waals surface area contributed by atoms with E-state index in [9.17, 15) is 18.0 Å². The van der Waals surface area contributed by atoms with Crippen molar-refractivity contribution in [2.45, 2.75) is 57.7 Å². The first-order valence-electron chi connectivity index (χ1n) is 8.01. The van der Waals surface area contributed by atoms with Crippen LogP contribution < -0.4 is 5.32 Å². The Kier molecular flexibility index (Phi) is 7.07. The molecule has 0 saturated heterocycles. The van der Waals surface area contributed by atoms with Crippen molar-refractivity contribution in [1.82, 2.24) is 5.32 Å². The molecule has 1 rings (SSSR count). The average Bonchev–Trinajstić information content (AvgIpc) is 2.48. The maximum absolute atomic E-state index is 13.2. The molecule has 0 aliphatic carbocycles. The predicted molar refractivity (Wildman–Crippen MR) is 92.8 cm³/mol. The highest BCUT2D eigenvalue weighted by molar-refractivity contribution is 6.74. The Hall–Kier alpha value is -1.54. The summed E-state index contributed by atoms with van der Waals surface area (Å²) in [7, 11) is -2.36. The van der Waals surface area contributed by atoms with Crippen LogP contribution in [-0.2, 0) is 15.8 Å². The Labute approximate surface area is 147 Å². The number of hydrogen-bond donors (Lipinski definition) is 1. The van der Waals surface area contributed by atoms with E-state index in [2.05, 4.69) is 0 Å². The molecule has 1 atom stereocenters. The Morgan fingerprint density at radius 2 is 1.72 bits per heavy atom. The third-order valence-electron chi connectivity index (χ3n) is 4.32. The van der Waals surface area contributed by atoms with Gasteiger partial charge < -0.3 is 14.5 Å². The highest BCUT2D eigenvalue weighted by Crippen LogP contribution is 2.37. The van der Waals surface area contributed by atoms with Crippen LogP contribution in [-0.4, -0.2) is 33.2 Å². The molecule has 1 unspecified atom stereocenters. The van der Waals surface area contributed by atoms with E-state index >= 15 is 0 Å². The minimum atomic E-state index is -4.62. The lowest BCUT2D eigenvalue weighted by atomic mass is 10.2. The first-order chi connectivity index (χ1) is 11.3. The minimum absolute atomic E-state index is 0.0969. The van der Waals surface area contributed by atoms with E-state index in [0.29, 0.717) is 5.56 Å². The second kappa shape index (κ2) is 8.22. The molecule has 25 heavy (non-hydrogen) atoms. The predicted octanol–water partition coefficient (Wildman–Crippen LogP) is 4.87. The molecule has 0 aromatic heterocycles. The van der Waals surface area contributed by atoms with Gasteiger partial charge in [0, 0.05) is 0 Å². The number of ether oxygens (including phenoxy) is 1. The zero-order valence-corrected chi connectivity index (χ0v) is 16.2. The summed E-state index contributed by atoms with van der Waals surface area (Å²) in [6.07, 6.45) is -5.74. The van der Waals surface area contributed by atoms with Crippen molar-refractivity contribution >= 4 is 14.4 Å². The van der Waals surface area contributed by atoms with Crippen LogP contribution in [0.25, 0.3) is 0 Å². The van der Waals surface area contributed by atoms with Crippen molar-refractivity contribution < 1.29 is 27.1 Å². The lowest BCUT2D eigenvalue weighted by Crippen LogP contribution is -2.52. The molecule has 0 fully saturated rings. The van der Waals surface area contributed by atoms with Gasteiger partial charge in [0.2, 0.25) is 0 Å². The van der Waals surface area contributed by atoms with Crippen LogP contribution in [0.2, 0.25) is 18.1 Å². The average molecular weight is 377 g/mol. The summed E-state index contributed by atoms with van der Waals surface area (Å²) in [6, 6.07) is 6.63. The first-order valence-corrected chi connectivity index (χ1v) is 10.9. The number of nitrogens with one attached hydrogen (secondary N) is 1. The van der Waals surface area contributed by atoms with Crippen LogP contribution in [0, 0.1) is 0 Å². The summed E-state index contributed by atoms with van der Waals surface area (Å²) < 4.78 is 50.0. The van der Waals surface area contributed by atoms with Crippen molar-refractivity contribution in [3.8, 4) is 0 Å². The number of benzene rings is 1. The fraction of sp³-hybridized carbons (Fsp3) is 0.588. The number of alkyl halides is 3. The summed E-state index contributed by atoms with van der Waals surface area (Å²) in [5, 5.41) is 1.64. The molecule has 0 heterocycles. The number of carbonyl (C=O) groups is 1. The second-order valence-corrected chi connectivity index (χ2v) is 12.2. The summed E-state index contributed by atoms with van der Waals surface area (Å²) in [4.78, 5) is 11.7. The molecule has 0 spiro atoms. The van der Waals surface area contributed by atoms with E-state index in [1.54, 1.807) is 30.3 Å².